The van der Waals surface area contributed by atoms with Crippen LogP contribution in [0.1, 0.15) is 5.56 Å². The summed E-state index contributed by atoms with van der Waals surface area (Å²) in [5.41, 5.74) is -0.732. The summed E-state index contributed by atoms with van der Waals surface area (Å²) >= 11 is 5.62. The van der Waals surface area contributed by atoms with Gasteiger partial charge in [-0.15, -0.1) is 0 Å². The molecule has 0 aliphatic heterocycles. The van der Waals surface area contributed by atoms with E-state index < -0.39 is 11.7 Å². The molecule has 0 saturated heterocycles. The summed E-state index contributed by atoms with van der Waals surface area (Å²) in [5, 5.41) is 0. The first-order chi connectivity index (χ1) is 5.41. The highest BCUT2D eigenvalue weighted by Gasteiger charge is 2.33. The molecule has 0 bridgehead atoms. The Labute approximate surface area is 83.2 Å². The van der Waals surface area contributed by atoms with Crippen molar-refractivity contribution in [1.82, 2.24) is 4.98 Å². The predicted molar refractivity (Wildman–Crippen MR) is 44.6 cm³/mol. The average Bonchev–Trinajstić information content (AvgIpc) is 1.92. The second-order valence-corrected chi connectivity index (χ2v) is 3.65. The summed E-state index contributed by atoms with van der Waals surface area (Å²) in [6.45, 7) is 0. The zero-order valence-corrected chi connectivity index (χ0v) is 8.66. The number of halogens is 5. The van der Waals surface area contributed by atoms with Gasteiger partial charge in [0, 0.05) is 10.7 Å². The van der Waals surface area contributed by atoms with Crippen molar-refractivity contribution < 1.29 is 13.2 Å². The number of alkyl halides is 3. The molecule has 0 spiro atoms. The first kappa shape index (κ1) is 9.98. The molecule has 0 radical (unpaired) electrons. The Morgan fingerprint density at radius 3 is 2.25 bits per heavy atom. The van der Waals surface area contributed by atoms with Gasteiger partial charge in [-0.3, -0.25) is 0 Å². The van der Waals surface area contributed by atoms with Crippen molar-refractivity contribution in [3.05, 3.63) is 26.9 Å². The number of hydrogen-bond donors (Lipinski definition) is 0. The van der Waals surface area contributed by atoms with E-state index in [-0.39, 0.29) is 9.08 Å². The van der Waals surface area contributed by atoms with Crippen molar-refractivity contribution in [2.24, 2.45) is 0 Å². The van der Waals surface area contributed by atoms with E-state index in [4.69, 9.17) is 0 Å². The van der Waals surface area contributed by atoms with E-state index in [9.17, 15) is 13.2 Å². The van der Waals surface area contributed by atoms with Gasteiger partial charge < -0.3 is 0 Å². The van der Waals surface area contributed by atoms with Crippen molar-refractivity contribution in [2.75, 3.05) is 0 Å². The van der Waals surface area contributed by atoms with Crippen LogP contribution in [0.25, 0.3) is 0 Å². The normalized spacial score (nSPS) is 11.8. The second kappa shape index (κ2) is 3.33. The molecule has 1 aromatic rings. The summed E-state index contributed by atoms with van der Waals surface area (Å²) in [7, 11) is 0. The maximum absolute atomic E-state index is 12.2. The van der Waals surface area contributed by atoms with E-state index >= 15 is 0 Å². The summed E-state index contributed by atoms with van der Waals surface area (Å²) in [4.78, 5) is 3.62. The highest BCUT2D eigenvalue weighted by Crippen LogP contribution is 2.35. The molecule has 0 atom stereocenters. The zero-order chi connectivity index (χ0) is 9.35. The predicted octanol–water partition coefficient (Wildman–Crippen LogP) is 3.63. The maximum Gasteiger partial charge on any atom is 0.417 e. The summed E-state index contributed by atoms with van der Waals surface area (Å²) in [5.74, 6) is 0. The van der Waals surface area contributed by atoms with E-state index in [1.165, 1.54) is 0 Å². The molecule has 6 heteroatoms. The molecule has 0 unspecified atom stereocenters. The lowest BCUT2D eigenvalue weighted by Crippen LogP contribution is -2.06. The fourth-order valence-electron chi connectivity index (χ4n) is 0.630. The first-order valence-corrected chi connectivity index (χ1v) is 4.38. The topological polar surface area (TPSA) is 12.9 Å². The van der Waals surface area contributed by atoms with E-state index in [1.807, 2.05) is 0 Å². The molecule has 12 heavy (non-hydrogen) atoms. The van der Waals surface area contributed by atoms with Crippen LogP contribution in [0.5, 0.6) is 0 Å². The van der Waals surface area contributed by atoms with Gasteiger partial charge in [-0.05, 0) is 37.9 Å². The molecule has 66 valence electrons. The third-order valence-corrected chi connectivity index (χ3v) is 2.19. The lowest BCUT2D eigenvalue weighted by molar-refractivity contribution is -0.138. The highest BCUT2D eigenvalue weighted by atomic mass is 79.9. The monoisotopic (exact) mass is 303 g/mol. The van der Waals surface area contributed by atoms with Gasteiger partial charge in [-0.2, -0.15) is 13.2 Å². The van der Waals surface area contributed by atoms with Gasteiger partial charge in [0.2, 0.25) is 0 Å². The number of hydrogen-bond acceptors (Lipinski definition) is 1. The van der Waals surface area contributed by atoms with Crippen LogP contribution in [0.3, 0.4) is 0 Å². The smallest absolute Gasteiger partial charge is 0.248 e. The van der Waals surface area contributed by atoms with E-state index in [0.717, 1.165) is 12.3 Å². The van der Waals surface area contributed by atoms with Crippen LogP contribution in [0.15, 0.2) is 21.3 Å². The molecular weight excluding hydrogens is 303 g/mol. The Morgan fingerprint density at radius 1 is 1.25 bits per heavy atom. The molecule has 1 nitrogen and oxygen atoms in total. The molecule has 0 aliphatic rings. The fraction of sp³-hybridized carbons (Fsp3) is 0.167. The van der Waals surface area contributed by atoms with Gasteiger partial charge >= 0.3 is 6.18 Å². The molecule has 1 heterocycles. The van der Waals surface area contributed by atoms with Crippen LogP contribution in [0.2, 0.25) is 0 Å². The lowest BCUT2D eigenvalue weighted by Gasteiger charge is -2.07. The SMILES string of the molecule is FC(F)(F)c1cc(Br)ncc1Br. The Bertz CT molecular complexity index is 297. The Hall–Kier alpha value is -0.100. The zero-order valence-electron chi connectivity index (χ0n) is 5.49. The van der Waals surface area contributed by atoms with Crippen LogP contribution in [0.4, 0.5) is 13.2 Å². The van der Waals surface area contributed by atoms with E-state index in [0.29, 0.717) is 0 Å². The van der Waals surface area contributed by atoms with Crippen molar-refractivity contribution in [2.45, 2.75) is 6.18 Å². The molecule has 0 N–H and O–H groups in total. The second-order valence-electron chi connectivity index (χ2n) is 1.98. The maximum atomic E-state index is 12.2. The van der Waals surface area contributed by atoms with Gasteiger partial charge in [0.05, 0.1) is 5.56 Å². The van der Waals surface area contributed by atoms with E-state index in [1.54, 1.807) is 0 Å². The number of rotatable bonds is 0. The van der Waals surface area contributed by atoms with Gasteiger partial charge in [-0.1, -0.05) is 0 Å². The molecule has 0 aliphatic carbocycles. The number of aromatic nitrogens is 1. The van der Waals surface area contributed by atoms with Crippen LogP contribution in [-0.4, -0.2) is 4.98 Å². The van der Waals surface area contributed by atoms with Crippen molar-refractivity contribution >= 4 is 31.9 Å². The third kappa shape index (κ3) is 2.20. The molecule has 0 aromatic carbocycles. The average molecular weight is 305 g/mol. The van der Waals surface area contributed by atoms with Gasteiger partial charge in [0.25, 0.3) is 0 Å². The summed E-state index contributed by atoms with van der Waals surface area (Å²) in [6.07, 6.45) is -3.24. The van der Waals surface area contributed by atoms with Crippen LogP contribution in [0, 0.1) is 0 Å². The fourth-order valence-corrected chi connectivity index (χ4v) is 1.40. The third-order valence-electron chi connectivity index (χ3n) is 1.13. The van der Waals surface area contributed by atoms with Gasteiger partial charge in [0.15, 0.2) is 0 Å². The minimum Gasteiger partial charge on any atom is -0.248 e. The molecule has 0 fully saturated rings. The summed E-state index contributed by atoms with van der Waals surface area (Å²) < 4.78 is 36.6. The number of pyridine rings is 1. The Kier molecular flexibility index (Phi) is 2.77. The molecule has 1 rings (SSSR count). The highest BCUT2D eigenvalue weighted by molar-refractivity contribution is 9.11. The standard InChI is InChI=1S/C6H2Br2F3N/c7-4-2-12-5(8)1-3(4)6(9,10)11/h1-2H. The van der Waals surface area contributed by atoms with Gasteiger partial charge in [0.1, 0.15) is 4.60 Å². The molecule has 0 saturated carbocycles. The molecule has 0 amide bonds. The molecule has 1 aromatic heterocycles. The Morgan fingerprint density at radius 2 is 1.83 bits per heavy atom. The summed E-state index contributed by atoms with van der Waals surface area (Å²) in [6, 6.07) is 0.921. The number of nitrogens with zero attached hydrogens (tertiary/aromatic N) is 1. The van der Waals surface area contributed by atoms with Crippen molar-refractivity contribution in [1.29, 1.82) is 0 Å². The van der Waals surface area contributed by atoms with Crippen molar-refractivity contribution in [3.8, 4) is 0 Å². The van der Waals surface area contributed by atoms with Gasteiger partial charge in [-0.25, -0.2) is 4.98 Å². The van der Waals surface area contributed by atoms with Crippen LogP contribution >= 0.6 is 31.9 Å². The van der Waals surface area contributed by atoms with Crippen molar-refractivity contribution in [3.63, 3.8) is 0 Å². The van der Waals surface area contributed by atoms with Crippen LogP contribution in [-0.2, 0) is 6.18 Å². The minimum absolute atomic E-state index is 0.0572. The van der Waals surface area contributed by atoms with Crippen LogP contribution < -0.4 is 0 Å². The molecular formula is C6H2Br2F3N. The minimum atomic E-state index is -4.34. The largest absolute Gasteiger partial charge is 0.417 e. The van der Waals surface area contributed by atoms with E-state index in [2.05, 4.69) is 36.8 Å². The Balaban J connectivity index is 3.23. The quantitative estimate of drug-likeness (QED) is 0.667. The first-order valence-electron chi connectivity index (χ1n) is 2.79. The lowest BCUT2D eigenvalue weighted by atomic mass is 10.3.